The van der Waals surface area contributed by atoms with Crippen molar-refractivity contribution < 1.29 is 19.4 Å². The summed E-state index contributed by atoms with van der Waals surface area (Å²) < 4.78 is 6.15. The molecule has 0 aliphatic rings. The van der Waals surface area contributed by atoms with Gasteiger partial charge in [0.25, 0.3) is 0 Å². The van der Waals surface area contributed by atoms with Crippen molar-refractivity contribution in [1.29, 1.82) is 0 Å². The lowest BCUT2D eigenvalue weighted by molar-refractivity contribution is -0.137. The molecule has 7 heteroatoms. The van der Waals surface area contributed by atoms with Crippen LogP contribution in [0.1, 0.15) is 22.3 Å². The Kier molecular flexibility index (Phi) is 4.32. The fourth-order valence-corrected chi connectivity index (χ4v) is 1.94. The second kappa shape index (κ2) is 6.17. The minimum Gasteiger partial charge on any atom is -0.481 e. The van der Waals surface area contributed by atoms with Gasteiger partial charge in [0.1, 0.15) is 5.69 Å². The van der Waals surface area contributed by atoms with Crippen molar-refractivity contribution >= 4 is 11.9 Å². The lowest BCUT2D eigenvalue weighted by Crippen LogP contribution is -2.04. The van der Waals surface area contributed by atoms with Gasteiger partial charge < -0.3 is 9.84 Å². The van der Waals surface area contributed by atoms with Crippen LogP contribution in [0.3, 0.4) is 0 Å². The van der Waals surface area contributed by atoms with E-state index < -0.39 is 11.9 Å². The summed E-state index contributed by atoms with van der Waals surface area (Å²) in [7, 11) is 1.33. The Hall–Kier alpha value is -2.70. The molecule has 0 amide bonds. The molecule has 0 unspecified atom stereocenters. The van der Waals surface area contributed by atoms with E-state index in [1.54, 1.807) is 24.4 Å². The van der Waals surface area contributed by atoms with Gasteiger partial charge in [-0.3, -0.25) is 9.48 Å². The fourth-order valence-electron chi connectivity index (χ4n) is 1.94. The van der Waals surface area contributed by atoms with Crippen LogP contribution in [0.15, 0.2) is 24.4 Å². The Morgan fingerprint density at radius 1 is 1.38 bits per heavy atom. The molecule has 0 saturated heterocycles. The number of carbonyl (C=O) groups excluding carboxylic acids is 1. The van der Waals surface area contributed by atoms with Crippen LogP contribution in [-0.4, -0.2) is 39.1 Å². The van der Waals surface area contributed by atoms with Gasteiger partial charge >= 0.3 is 11.9 Å². The lowest BCUT2D eigenvalue weighted by atomic mass is 10.0. The number of aliphatic carboxylic acids is 1. The highest BCUT2D eigenvalue weighted by molar-refractivity contribution is 5.90. The Labute approximate surface area is 121 Å². The van der Waals surface area contributed by atoms with Crippen molar-refractivity contribution in [1.82, 2.24) is 15.0 Å². The molecule has 0 aliphatic heterocycles. The first-order chi connectivity index (χ1) is 10.0. The average molecular weight is 289 g/mol. The quantitative estimate of drug-likeness (QED) is 0.838. The fraction of sp³-hybridized carbons (Fsp3) is 0.286. The van der Waals surface area contributed by atoms with E-state index in [0.717, 1.165) is 11.1 Å². The van der Waals surface area contributed by atoms with Gasteiger partial charge in [-0.1, -0.05) is 11.3 Å². The molecule has 2 aromatic rings. The highest BCUT2D eigenvalue weighted by Crippen LogP contribution is 2.22. The predicted molar refractivity (Wildman–Crippen MR) is 73.8 cm³/mol. The zero-order valence-electron chi connectivity index (χ0n) is 11.7. The van der Waals surface area contributed by atoms with Crippen LogP contribution >= 0.6 is 0 Å². The number of benzene rings is 1. The number of ether oxygens (including phenoxy) is 1. The summed E-state index contributed by atoms with van der Waals surface area (Å²) in [5.74, 6) is -1.28. The number of hydrogen-bond donors (Lipinski definition) is 1. The molecule has 0 atom stereocenters. The number of methoxy groups -OCH3 is 1. The molecule has 1 heterocycles. The molecule has 110 valence electrons. The lowest BCUT2D eigenvalue weighted by Gasteiger charge is -2.04. The van der Waals surface area contributed by atoms with Gasteiger partial charge in [0, 0.05) is 5.56 Å². The van der Waals surface area contributed by atoms with E-state index in [4.69, 9.17) is 5.11 Å². The predicted octanol–water partition coefficient (Wildman–Crippen LogP) is 1.51. The summed E-state index contributed by atoms with van der Waals surface area (Å²) in [4.78, 5) is 22.0. The zero-order chi connectivity index (χ0) is 15.4. The smallest absolute Gasteiger partial charge is 0.337 e. The number of carboxylic acid groups (broad SMARTS) is 1. The van der Waals surface area contributed by atoms with Crippen molar-refractivity contribution in [3.8, 4) is 11.3 Å². The minimum atomic E-state index is -0.884. The van der Waals surface area contributed by atoms with Gasteiger partial charge in [-0.25, -0.2) is 4.79 Å². The summed E-state index contributed by atoms with van der Waals surface area (Å²) in [6, 6.07) is 5.15. The summed E-state index contributed by atoms with van der Waals surface area (Å²) >= 11 is 0. The Morgan fingerprint density at radius 2 is 2.14 bits per heavy atom. The summed E-state index contributed by atoms with van der Waals surface area (Å²) in [5, 5.41) is 16.6. The SMILES string of the molecule is COC(=O)c1ccc(-c2cn(CCC(=O)O)nn2)c(C)c1. The van der Waals surface area contributed by atoms with Crippen molar-refractivity contribution in [2.24, 2.45) is 0 Å². The standard InChI is InChI=1S/C14H15N3O4/c1-9-7-10(14(20)21-2)3-4-11(9)12-8-17(16-15-12)6-5-13(18)19/h3-4,7-8H,5-6H2,1-2H3,(H,18,19). The summed E-state index contributed by atoms with van der Waals surface area (Å²) in [5.41, 5.74) is 2.80. The first kappa shape index (κ1) is 14.7. The van der Waals surface area contributed by atoms with Crippen molar-refractivity contribution in [2.75, 3.05) is 7.11 Å². The van der Waals surface area contributed by atoms with Crippen LogP contribution in [0.2, 0.25) is 0 Å². The first-order valence-corrected chi connectivity index (χ1v) is 6.32. The van der Waals surface area contributed by atoms with Gasteiger partial charge in [-0.2, -0.15) is 0 Å². The van der Waals surface area contributed by atoms with Crippen LogP contribution in [0.25, 0.3) is 11.3 Å². The number of carbonyl (C=O) groups is 2. The van der Waals surface area contributed by atoms with Crippen LogP contribution in [0.5, 0.6) is 0 Å². The van der Waals surface area contributed by atoms with Crippen molar-refractivity contribution in [3.05, 3.63) is 35.5 Å². The van der Waals surface area contributed by atoms with Gasteiger partial charge in [-0.05, 0) is 24.6 Å². The number of carboxylic acids is 1. The van der Waals surface area contributed by atoms with E-state index in [-0.39, 0.29) is 13.0 Å². The molecule has 1 N–H and O–H groups in total. The maximum Gasteiger partial charge on any atom is 0.337 e. The molecular formula is C14H15N3O4. The molecule has 0 aliphatic carbocycles. The molecular weight excluding hydrogens is 274 g/mol. The van der Waals surface area contributed by atoms with Crippen molar-refractivity contribution in [3.63, 3.8) is 0 Å². The monoisotopic (exact) mass is 289 g/mol. The normalized spacial score (nSPS) is 10.4. The van der Waals surface area contributed by atoms with Gasteiger partial charge in [-0.15, -0.1) is 5.10 Å². The van der Waals surface area contributed by atoms with E-state index >= 15 is 0 Å². The van der Waals surface area contributed by atoms with E-state index in [0.29, 0.717) is 11.3 Å². The zero-order valence-corrected chi connectivity index (χ0v) is 11.7. The number of hydrogen-bond acceptors (Lipinski definition) is 5. The number of esters is 1. The van der Waals surface area contributed by atoms with Gasteiger partial charge in [0.15, 0.2) is 0 Å². The third-order valence-corrected chi connectivity index (χ3v) is 3.02. The molecule has 0 radical (unpaired) electrons. The minimum absolute atomic E-state index is 0.0109. The molecule has 0 bridgehead atoms. The molecule has 7 nitrogen and oxygen atoms in total. The molecule has 21 heavy (non-hydrogen) atoms. The maximum atomic E-state index is 11.5. The van der Waals surface area contributed by atoms with Gasteiger partial charge in [0.2, 0.25) is 0 Å². The van der Waals surface area contributed by atoms with E-state index in [1.165, 1.54) is 11.8 Å². The van der Waals surface area contributed by atoms with Gasteiger partial charge in [0.05, 0.1) is 31.8 Å². The highest BCUT2D eigenvalue weighted by atomic mass is 16.5. The Morgan fingerprint density at radius 3 is 2.76 bits per heavy atom. The number of nitrogens with zero attached hydrogens (tertiary/aromatic N) is 3. The van der Waals surface area contributed by atoms with Crippen LogP contribution < -0.4 is 0 Å². The highest BCUT2D eigenvalue weighted by Gasteiger charge is 2.11. The maximum absolute atomic E-state index is 11.5. The Bertz CT molecular complexity index is 679. The second-order valence-corrected chi connectivity index (χ2v) is 4.53. The molecule has 0 fully saturated rings. The number of rotatable bonds is 5. The number of aromatic nitrogens is 3. The Balaban J connectivity index is 2.22. The molecule has 2 rings (SSSR count). The second-order valence-electron chi connectivity index (χ2n) is 4.53. The van der Waals surface area contributed by atoms with E-state index in [2.05, 4.69) is 15.0 Å². The van der Waals surface area contributed by atoms with Crippen LogP contribution in [0, 0.1) is 6.92 Å². The third-order valence-electron chi connectivity index (χ3n) is 3.02. The van der Waals surface area contributed by atoms with Crippen LogP contribution in [0.4, 0.5) is 0 Å². The average Bonchev–Trinajstić information content (AvgIpc) is 2.92. The summed E-state index contributed by atoms with van der Waals surface area (Å²) in [6.07, 6.45) is 1.67. The molecule has 0 spiro atoms. The summed E-state index contributed by atoms with van der Waals surface area (Å²) in [6.45, 7) is 2.12. The van der Waals surface area contributed by atoms with Crippen LogP contribution in [-0.2, 0) is 16.1 Å². The molecule has 0 saturated carbocycles. The first-order valence-electron chi connectivity index (χ1n) is 6.32. The topological polar surface area (TPSA) is 94.3 Å². The van der Waals surface area contributed by atoms with E-state index in [1.807, 2.05) is 6.92 Å². The number of aryl methyl sites for hydroxylation is 2. The third kappa shape index (κ3) is 3.44. The molecule has 1 aromatic heterocycles. The van der Waals surface area contributed by atoms with E-state index in [9.17, 15) is 9.59 Å². The van der Waals surface area contributed by atoms with Crippen molar-refractivity contribution in [2.45, 2.75) is 19.9 Å². The largest absolute Gasteiger partial charge is 0.481 e. The molecule has 1 aromatic carbocycles.